The molecule has 0 amide bonds. The van der Waals surface area contributed by atoms with Gasteiger partial charge in [0.05, 0.1) is 11.1 Å². The summed E-state index contributed by atoms with van der Waals surface area (Å²) >= 11 is 0. The van der Waals surface area contributed by atoms with Gasteiger partial charge in [-0.3, -0.25) is 14.2 Å². The monoisotopic (exact) mass is 470 g/mol. The van der Waals surface area contributed by atoms with Crippen LogP contribution in [0.2, 0.25) is 0 Å². The summed E-state index contributed by atoms with van der Waals surface area (Å²) in [6.07, 6.45) is -3.72. The Bertz CT molecular complexity index is 1340. The SMILES string of the molecule is CCc1c2c(c(Nc3ccccc3)n1Cc1ccc(C(F)(F)F)cc1)c(=O)n(C)n2CC(C)C. The third-order valence-electron chi connectivity index (χ3n) is 6.00. The van der Waals surface area contributed by atoms with E-state index >= 15 is 0 Å². The average Bonchev–Trinajstić information content (AvgIpc) is 3.21. The van der Waals surface area contributed by atoms with E-state index in [0.29, 0.717) is 36.6 Å². The van der Waals surface area contributed by atoms with Crippen LogP contribution in [0, 0.1) is 5.92 Å². The Morgan fingerprint density at radius 3 is 2.21 bits per heavy atom. The molecular formula is C26H29F3N4O. The quantitative estimate of drug-likeness (QED) is 0.351. The van der Waals surface area contributed by atoms with E-state index in [2.05, 4.69) is 19.2 Å². The second-order valence-corrected chi connectivity index (χ2v) is 8.95. The van der Waals surface area contributed by atoms with Gasteiger partial charge in [0.1, 0.15) is 11.2 Å². The van der Waals surface area contributed by atoms with Gasteiger partial charge in [0.25, 0.3) is 5.56 Å². The van der Waals surface area contributed by atoms with E-state index in [4.69, 9.17) is 0 Å². The van der Waals surface area contributed by atoms with Crippen molar-refractivity contribution in [2.24, 2.45) is 13.0 Å². The number of fused-ring (bicyclic) bond motifs is 1. The van der Waals surface area contributed by atoms with E-state index in [-0.39, 0.29) is 5.56 Å². The Balaban J connectivity index is 1.91. The molecule has 34 heavy (non-hydrogen) atoms. The maximum Gasteiger partial charge on any atom is 0.416 e. The number of rotatable bonds is 7. The van der Waals surface area contributed by atoms with Gasteiger partial charge in [0, 0.05) is 31.5 Å². The lowest BCUT2D eigenvalue weighted by atomic mass is 10.1. The summed E-state index contributed by atoms with van der Waals surface area (Å²) in [7, 11) is 1.77. The summed E-state index contributed by atoms with van der Waals surface area (Å²) in [5.74, 6) is 0.982. The Morgan fingerprint density at radius 1 is 1.00 bits per heavy atom. The van der Waals surface area contributed by atoms with Crippen LogP contribution in [0.3, 0.4) is 0 Å². The van der Waals surface area contributed by atoms with Gasteiger partial charge in [0.2, 0.25) is 0 Å². The lowest BCUT2D eigenvalue weighted by Gasteiger charge is -2.17. The van der Waals surface area contributed by atoms with Crippen molar-refractivity contribution in [2.75, 3.05) is 5.32 Å². The van der Waals surface area contributed by atoms with Gasteiger partial charge in [0.15, 0.2) is 0 Å². The highest BCUT2D eigenvalue weighted by Gasteiger charge is 2.30. The molecule has 0 bridgehead atoms. The second-order valence-electron chi connectivity index (χ2n) is 8.95. The van der Waals surface area contributed by atoms with Gasteiger partial charge in [-0.1, -0.05) is 51.1 Å². The maximum absolute atomic E-state index is 13.4. The van der Waals surface area contributed by atoms with Crippen LogP contribution in [0.4, 0.5) is 24.7 Å². The highest BCUT2D eigenvalue weighted by atomic mass is 19.4. The molecule has 2 aromatic heterocycles. The van der Waals surface area contributed by atoms with Gasteiger partial charge in [-0.05, 0) is 42.2 Å². The molecule has 0 radical (unpaired) electrons. The topological polar surface area (TPSA) is 43.9 Å². The third-order valence-corrected chi connectivity index (χ3v) is 6.00. The fourth-order valence-electron chi connectivity index (χ4n) is 4.42. The fourth-order valence-corrected chi connectivity index (χ4v) is 4.42. The first-order valence-electron chi connectivity index (χ1n) is 11.4. The van der Waals surface area contributed by atoms with Crippen LogP contribution < -0.4 is 10.9 Å². The number of para-hydroxylation sites is 1. The van der Waals surface area contributed by atoms with Crippen LogP contribution in [0.1, 0.15) is 37.6 Å². The van der Waals surface area contributed by atoms with Crippen LogP contribution >= 0.6 is 0 Å². The summed E-state index contributed by atoms with van der Waals surface area (Å²) in [6.45, 7) is 7.25. The lowest BCUT2D eigenvalue weighted by Crippen LogP contribution is -2.23. The van der Waals surface area contributed by atoms with Crippen molar-refractivity contribution in [3.8, 4) is 0 Å². The van der Waals surface area contributed by atoms with E-state index in [1.807, 2.05) is 46.5 Å². The van der Waals surface area contributed by atoms with E-state index in [1.54, 1.807) is 11.7 Å². The van der Waals surface area contributed by atoms with Crippen LogP contribution in [-0.4, -0.2) is 13.9 Å². The molecule has 180 valence electrons. The third kappa shape index (κ3) is 4.36. The van der Waals surface area contributed by atoms with Crippen LogP contribution in [0.5, 0.6) is 0 Å². The second kappa shape index (κ2) is 9.08. The molecule has 0 saturated heterocycles. The number of hydrogen-bond donors (Lipinski definition) is 1. The highest BCUT2D eigenvalue weighted by molar-refractivity contribution is 5.95. The molecule has 0 spiro atoms. The summed E-state index contributed by atoms with van der Waals surface area (Å²) in [6, 6.07) is 14.8. The van der Waals surface area contributed by atoms with E-state index < -0.39 is 11.7 Å². The molecule has 0 aliphatic carbocycles. The van der Waals surface area contributed by atoms with E-state index in [9.17, 15) is 18.0 Å². The fraction of sp³-hybridized carbons (Fsp3) is 0.346. The maximum atomic E-state index is 13.4. The molecule has 0 saturated carbocycles. The Labute approximate surface area is 196 Å². The normalized spacial score (nSPS) is 12.1. The van der Waals surface area contributed by atoms with Crippen molar-refractivity contribution < 1.29 is 13.2 Å². The summed E-state index contributed by atoms with van der Waals surface area (Å²) in [4.78, 5) is 13.4. The Hall–Kier alpha value is -3.42. The number of aromatic nitrogens is 3. The van der Waals surface area contributed by atoms with Gasteiger partial charge in [-0.25, -0.2) is 0 Å². The minimum Gasteiger partial charge on any atom is -0.341 e. The number of nitrogens with one attached hydrogen (secondary N) is 1. The number of benzene rings is 2. The molecule has 4 rings (SSSR count). The zero-order valence-electron chi connectivity index (χ0n) is 19.8. The number of aryl methyl sites for hydroxylation is 1. The lowest BCUT2D eigenvalue weighted by molar-refractivity contribution is -0.137. The van der Waals surface area contributed by atoms with Crippen molar-refractivity contribution in [3.05, 3.63) is 81.8 Å². The first kappa shape index (κ1) is 23.7. The molecular weight excluding hydrogens is 441 g/mol. The molecule has 1 N–H and O–H groups in total. The summed E-state index contributed by atoms with van der Waals surface area (Å²) in [5.41, 5.74) is 2.61. The summed E-state index contributed by atoms with van der Waals surface area (Å²) in [5, 5.41) is 4.01. The summed E-state index contributed by atoms with van der Waals surface area (Å²) < 4.78 is 44.8. The molecule has 5 nitrogen and oxygen atoms in total. The molecule has 2 aromatic carbocycles. The number of anilines is 2. The molecule has 0 atom stereocenters. The van der Waals surface area contributed by atoms with Gasteiger partial charge in [-0.15, -0.1) is 0 Å². The van der Waals surface area contributed by atoms with E-state index in [0.717, 1.165) is 34.6 Å². The number of nitrogens with zero attached hydrogens (tertiary/aromatic N) is 3. The average molecular weight is 471 g/mol. The van der Waals surface area contributed by atoms with Crippen molar-refractivity contribution >= 4 is 22.4 Å². The molecule has 4 aromatic rings. The molecule has 8 heteroatoms. The zero-order valence-corrected chi connectivity index (χ0v) is 19.8. The van der Waals surface area contributed by atoms with Crippen molar-refractivity contribution in [2.45, 2.75) is 46.5 Å². The first-order valence-corrected chi connectivity index (χ1v) is 11.4. The van der Waals surface area contributed by atoms with Gasteiger partial charge < -0.3 is 9.88 Å². The standard InChI is InChI=1S/C26H29F3N4O/c1-5-21-23-22(25(34)31(4)33(23)15-17(2)3)24(30-20-9-7-6-8-10-20)32(21)16-18-11-13-19(14-12-18)26(27,28)29/h6-14,17,30H,5,15-16H2,1-4H3. The zero-order chi connectivity index (χ0) is 24.6. The van der Waals surface area contributed by atoms with Crippen LogP contribution in [0.25, 0.3) is 10.9 Å². The minimum absolute atomic E-state index is 0.102. The molecule has 2 heterocycles. The van der Waals surface area contributed by atoms with Crippen LogP contribution in [-0.2, 0) is 32.7 Å². The van der Waals surface area contributed by atoms with E-state index in [1.165, 1.54) is 12.1 Å². The van der Waals surface area contributed by atoms with Crippen molar-refractivity contribution in [3.63, 3.8) is 0 Å². The number of halogens is 3. The first-order chi connectivity index (χ1) is 16.1. The molecule has 0 aliphatic rings. The number of hydrogen-bond acceptors (Lipinski definition) is 2. The van der Waals surface area contributed by atoms with Gasteiger partial charge in [-0.2, -0.15) is 13.2 Å². The molecule has 0 aliphatic heterocycles. The largest absolute Gasteiger partial charge is 0.416 e. The number of alkyl halides is 3. The molecule has 0 unspecified atom stereocenters. The van der Waals surface area contributed by atoms with Crippen molar-refractivity contribution in [1.82, 2.24) is 13.9 Å². The van der Waals surface area contributed by atoms with Gasteiger partial charge >= 0.3 is 6.18 Å². The van der Waals surface area contributed by atoms with Crippen molar-refractivity contribution in [1.29, 1.82) is 0 Å². The smallest absolute Gasteiger partial charge is 0.341 e. The Morgan fingerprint density at radius 2 is 1.65 bits per heavy atom. The van der Waals surface area contributed by atoms with Crippen LogP contribution in [0.15, 0.2) is 59.4 Å². The predicted molar refractivity (Wildman–Crippen MR) is 130 cm³/mol. The minimum atomic E-state index is -4.38. The molecule has 0 fully saturated rings. The highest BCUT2D eigenvalue weighted by Crippen LogP contribution is 2.34. The predicted octanol–water partition coefficient (Wildman–Crippen LogP) is 6.17. The Kier molecular flexibility index (Phi) is 6.34.